The summed E-state index contributed by atoms with van der Waals surface area (Å²) in [6, 6.07) is 7.63. The maximum absolute atomic E-state index is 11.6. The first kappa shape index (κ1) is 12.9. The molecule has 0 radical (unpaired) electrons. The second-order valence-electron chi connectivity index (χ2n) is 4.78. The number of rotatable bonds is 6. The van der Waals surface area contributed by atoms with Crippen molar-refractivity contribution in [3.05, 3.63) is 29.8 Å². The Morgan fingerprint density at radius 1 is 1.50 bits per heavy atom. The zero-order valence-corrected chi connectivity index (χ0v) is 10.8. The molecule has 1 saturated carbocycles. The molecule has 1 aliphatic rings. The average Bonchev–Trinajstić information content (AvgIpc) is 3.13. The van der Waals surface area contributed by atoms with Crippen LogP contribution in [0.5, 0.6) is 5.75 Å². The van der Waals surface area contributed by atoms with Gasteiger partial charge in [-0.25, -0.2) is 4.79 Å². The minimum absolute atomic E-state index is 0.306. The van der Waals surface area contributed by atoms with Gasteiger partial charge in [-0.1, -0.05) is 18.2 Å². The third-order valence-electron chi connectivity index (χ3n) is 3.22. The number of carbonyl (C=O) groups is 1. The molecule has 1 aromatic rings. The summed E-state index contributed by atoms with van der Waals surface area (Å²) in [5.74, 6) is -0.236. The molecule has 2 rings (SSSR count). The van der Waals surface area contributed by atoms with Crippen molar-refractivity contribution >= 4 is 5.97 Å². The second-order valence-corrected chi connectivity index (χ2v) is 4.78. The van der Waals surface area contributed by atoms with Crippen LogP contribution in [0.15, 0.2) is 24.3 Å². The molecule has 0 amide bonds. The van der Waals surface area contributed by atoms with Gasteiger partial charge in [-0.15, -0.1) is 0 Å². The monoisotopic (exact) mass is 249 g/mol. The molecule has 0 aromatic heterocycles. The van der Waals surface area contributed by atoms with Crippen molar-refractivity contribution in [1.29, 1.82) is 0 Å². The van der Waals surface area contributed by atoms with Gasteiger partial charge in [0.1, 0.15) is 11.3 Å². The molecule has 4 heteroatoms. The van der Waals surface area contributed by atoms with E-state index in [-0.39, 0.29) is 0 Å². The van der Waals surface area contributed by atoms with E-state index in [0.29, 0.717) is 24.0 Å². The maximum Gasteiger partial charge on any atom is 0.328 e. The number of carboxylic acids is 1. The Hall–Kier alpha value is -1.55. The molecule has 2 N–H and O–H groups in total. The van der Waals surface area contributed by atoms with Gasteiger partial charge in [-0.05, 0) is 32.8 Å². The zero-order valence-electron chi connectivity index (χ0n) is 10.8. The Bertz CT molecular complexity index is 442. The first-order valence-electron chi connectivity index (χ1n) is 6.31. The molecule has 0 heterocycles. The highest BCUT2D eigenvalue weighted by molar-refractivity contribution is 5.81. The Balaban J connectivity index is 2.37. The summed E-state index contributed by atoms with van der Waals surface area (Å²) < 4.78 is 5.53. The van der Waals surface area contributed by atoms with E-state index in [1.807, 2.05) is 31.2 Å². The largest absolute Gasteiger partial charge is 0.494 e. The van der Waals surface area contributed by atoms with Crippen molar-refractivity contribution in [2.24, 2.45) is 0 Å². The van der Waals surface area contributed by atoms with Crippen LogP contribution >= 0.6 is 0 Å². The van der Waals surface area contributed by atoms with Crippen molar-refractivity contribution in [3.63, 3.8) is 0 Å². The van der Waals surface area contributed by atoms with Crippen LogP contribution in [0.1, 0.15) is 32.3 Å². The highest BCUT2D eigenvalue weighted by Gasteiger charge is 2.41. The first-order valence-corrected chi connectivity index (χ1v) is 6.31. The summed E-state index contributed by atoms with van der Waals surface area (Å²) >= 11 is 0. The van der Waals surface area contributed by atoms with E-state index in [1.165, 1.54) is 0 Å². The van der Waals surface area contributed by atoms with E-state index in [0.717, 1.165) is 12.8 Å². The minimum Gasteiger partial charge on any atom is -0.494 e. The van der Waals surface area contributed by atoms with Crippen LogP contribution in [0, 0.1) is 0 Å². The van der Waals surface area contributed by atoms with E-state index < -0.39 is 11.5 Å². The standard InChI is InChI=1S/C14H19NO3/c1-3-18-12-7-5-4-6-11(12)14(2,13(16)17)15-10-8-9-10/h4-7,10,15H,3,8-9H2,1-2H3,(H,16,17). The third kappa shape index (κ3) is 2.48. The van der Waals surface area contributed by atoms with Gasteiger partial charge in [0.25, 0.3) is 0 Å². The fourth-order valence-electron chi connectivity index (χ4n) is 2.05. The van der Waals surface area contributed by atoms with Crippen molar-refractivity contribution in [2.45, 2.75) is 38.3 Å². The number of ether oxygens (including phenoxy) is 1. The van der Waals surface area contributed by atoms with Crippen LogP contribution in [0.3, 0.4) is 0 Å². The summed E-state index contributed by atoms with van der Waals surface area (Å²) in [5.41, 5.74) is -0.404. The van der Waals surface area contributed by atoms with E-state index in [1.54, 1.807) is 6.92 Å². The molecule has 0 aliphatic heterocycles. The van der Waals surface area contributed by atoms with Crippen LogP contribution in [-0.4, -0.2) is 23.7 Å². The molecule has 0 bridgehead atoms. The number of para-hydroxylation sites is 1. The maximum atomic E-state index is 11.6. The molecular formula is C14H19NO3. The van der Waals surface area contributed by atoms with Crippen LogP contribution < -0.4 is 10.1 Å². The van der Waals surface area contributed by atoms with Crippen LogP contribution in [0.25, 0.3) is 0 Å². The molecule has 0 spiro atoms. The minimum atomic E-state index is -1.09. The highest BCUT2D eigenvalue weighted by Crippen LogP contribution is 2.34. The Labute approximate surface area is 107 Å². The Kier molecular flexibility index (Phi) is 3.57. The van der Waals surface area contributed by atoms with Gasteiger partial charge in [0.15, 0.2) is 0 Å². The van der Waals surface area contributed by atoms with Gasteiger partial charge >= 0.3 is 5.97 Å². The molecule has 1 fully saturated rings. The van der Waals surface area contributed by atoms with E-state index in [4.69, 9.17) is 4.74 Å². The topological polar surface area (TPSA) is 58.6 Å². The summed E-state index contributed by atoms with van der Waals surface area (Å²) in [5, 5.41) is 12.7. The fourth-order valence-corrected chi connectivity index (χ4v) is 2.05. The van der Waals surface area contributed by atoms with Crippen molar-refractivity contribution in [1.82, 2.24) is 5.32 Å². The van der Waals surface area contributed by atoms with E-state index >= 15 is 0 Å². The first-order chi connectivity index (χ1) is 8.58. The van der Waals surface area contributed by atoms with Crippen molar-refractivity contribution < 1.29 is 14.6 Å². The molecule has 4 nitrogen and oxygen atoms in total. The van der Waals surface area contributed by atoms with E-state index in [2.05, 4.69) is 5.32 Å². The van der Waals surface area contributed by atoms with Gasteiger partial charge in [0.2, 0.25) is 0 Å². The molecule has 0 saturated heterocycles. The number of carboxylic acid groups (broad SMARTS) is 1. The predicted octanol–water partition coefficient (Wildman–Crippen LogP) is 2.14. The zero-order chi connectivity index (χ0) is 13.2. The number of aliphatic carboxylic acids is 1. The molecule has 1 atom stereocenters. The SMILES string of the molecule is CCOc1ccccc1C(C)(NC1CC1)C(=O)O. The molecule has 1 aromatic carbocycles. The lowest BCUT2D eigenvalue weighted by Crippen LogP contribution is -2.48. The summed E-state index contributed by atoms with van der Waals surface area (Å²) in [6.07, 6.45) is 2.08. The quantitative estimate of drug-likeness (QED) is 0.811. The van der Waals surface area contributed by atoms with Crippen molar-refractivity contribution in [2.75, 3.05) is 6.61 Å². The van der Waals surface area contributed by atoms with Crippen LogP contribution in [0.4, 0.5) is 0 Å². The number of hydrogen-bond donors (Lipinski definition) is 2. The molecule has 1 aliphatic carbocycles. The van der Waals surface area contributed by atoms with Gasteiger partial charge in [-0.3, -0.25) is 5.32 Å². The Morgan fingerprint density at radius 2 is 2.17 bits per heavy atom. The second kappa shape index (κ2) is 4.98. The fraction of sp³-hybridized carbons (Fsp3) is 0.500. The summed E-state index contributed by atoms with van der Waals surface area (Å²) in [6.45, 7) is 4.12. The van der Waals surface area contributed by atoms with Crippen molar-refractivity contribution in [3.8, 4) is 5.75 Å². The predicted molar refractivity (Wildman–Crippen MR) is 68.8 cm³/mol. The van der Waals surface area contributed by atoms with Gasteiger partial charge in [0, 0.05) is 11.6 Å². The Morgan fingerprint density at radius 3 is 2.72 bits per heavy atom. The smallest absolute Gasteiger partial charge is 0.328 e. The van der Waals surface area contributed by atoms with Crippen LogP contribution in [0.2, 0.25) is 0 Å². The molecule has 98 valence electrons. The lowest BCUT2D eigenvalue weighted by molar-refractivity contribution is -0.144. The van der Waals surface area contributed by atoms with Gasteiger partial charge < -0.3 is 9.84 Å². The number of hydrogen-bond acceptors (Lipinski definition) is 3. The summed E-state index contributed by atoms with van der Waals surface area (Å²) in [7, 11) is 0. The average molecular weight is 249 g/mol. The van der Waals surface area contributed by atoms with Crippen LogP contribution in [-0.2, 0) is 10.3 Å². The third-order valence-corrected chi connectivity index (χ3v) is 3.22. The number of benzene rings is 1. The normalized spacial score (nSPS) is 18.1. The van der Waals surface area contributed by atoms with Gasteiger partial charge in [0.05, 0.1) is 6.61 Å². The number of nitrogens with one attached hydrogen (secondary N) is 1. The van der Waals surface area contributed by atoms with Gasteiger partial charge in [-0.2, -0.15) is 0 Å². The highest BCUT2D eigenvalue weighted by atomic mass is 16.5. The summed E-state index contributed by atoms with van der Waals surface area (Å²) in [4.78, 5) is 11.6. The molecule has 18 heavy (non-hydrogen) atoms. The molecule has 1 unspecified atom stereocenters. The lowest BCUT2D eigenvalue weighted by Gasteiger charge is -2.28. The van der Waals surface area contributed by atoms with E-state index in [9.17, 15) is 9.90 Å². The lowest BCUT2D eigenvalue weighted by atomic mass is 9.91. The molecular weight excluding hydrogens is 230 g/mol.